The van der Waals surface area contributed by atoms with Crippen molar-refractivity contribution >= 4 is 17.6 Å². The lowest BCUT2D eigenvalue weighted by Gasteiger charge is -2.40. The maximum Gasteiger partial charge on any atom is 0.325 e. The average Bonchev–Trinajstić information content (AvgIpc) is 2.84. The number of nitrogens with one attached hydrogen (secondary N) is 1. The van der Waals surface area contributed by atoms with Gasteiger partial charge in [-0.3, -0.25) is 9.69 Å². The van der Waals surface area contributed by atoms with Crippen molar-refractivity contribution in [3.63, 3.8) is 0 Å². The number of benzene rings is 3. The molecular formula is C26H23F4N3O3. The lowest BCUT2D eigenvalue weighted by atomic mass is 9.98. The van der Waals surface area contributed by atoms with Crippen LogP contribution in [0.3, 0.4) is 0 Å². The van der Waals surface area contributed by atoms with Gasteiger partial charge in [0.2, 0.25) is 0 Å². The Labute approximate surface area is 205 Å². The Morgan fingerprint density at radius 3 is 2.36 bits per heavy atom. The van der Waals surface area contributed by atoms with Gasteiger partial charge in [-0.05, 0) is 36.8 Å². The highest BCUT2D eigenvalue weighted by Crippen LogP contribution is 2.38. The molecule has 0 saturated carbocycles. The van der Waals surface area contributed by atoms with Gasteiger partial charge in [0.15, 0.2) is 0 Å². The number of methoxy groups -OCH3 is 1. The minimum atomic E-state index is -1.12. The summed E-state index contributed by atoms with van der Waals surface area (Å²) in [5.74, 6) is -4.25. The van der Waals surface area contributed by atoms with Gasteiger partial charge in [0.1, 0.15) is 29.0 Å². The summed E-state index contributed by atoms with van der Waals surface area (Å²) in [4.78, 5) is 28.8. The van der Waals surface area contributed by atoms with Crippen LogP contribution in [0.1, 0.15) is 40.0 Å². The molecule has 3 amide bonds. The van der Waals surface area contributed by atoms with Crippen molar-refractivity contribution in [1.82, 2.24) is 10.2 Å². The normalized spacial score (nSPS) is 15.1. The highest BCUT2D eigenvalue weighted by Gasteiger charge is 2.34. The van der Waals surface area contributed by atoms with Crippen molar-refractivity contribution in [2.45, 2.75) is 26.1 Å². The number of carbonyl (C=O) groups is 2. The van der Waals surface area contributed by atoms with E-state index in [0.29, 0.717) is 17.8 Å². The number of halogens is 4. The quantitative estimate of drug-likeness (QED) is 0.466. The van der Waals surface area contributed by atoms with Crippen molar-refractivity contribution in [3.05, 3.63) is 94.1 Å². The number of urea groups is 1. The molecule has 1 heterocycles. The van der Waals surface area contributed by atoms with Gasteiger partial charge in [-0.1, -0.05) is 12.1 Å². The number of fused-ring (bicyclic) bond motifs is 1. The van der Waals surface area contributed by atoms with Crippen LogP contribution in [-0.2, 0) is 13.1 Å². The van der Waals surface area contributed by atoms with Crippen LogP contribution in [0, 0.1) is 23.3 Å². The maximum absolute atomic E-state index is 14.6. The van der Waals surface area contributed by atoms with Gasteiger partial charge in [0.25, 0.3) is 5.91 Å². The summed E-state index contributed by atoms with van der Waals surface area (Å²) in [6.07, 6.45) is 0. The summed E-state index contributed by atoms with van der Waals surface area (Å²) in [5, 5.41) is 2.41. The third-order valence-electron chi connectivity index (χ3n) is 6.29. The van der Waals surface area contributed by atoms with Crippen molar-refractivity contribution in [1.29, 1.82) is 0 Å². The number of nitrogens with zero attached hydrogens (tertiary/aromatic N) is 2. The van der Waals surface area contributed by atoms with E-state index in [-0.39, 0.29) is 29.5 Å². The minimum absolute atomic E-state index is 0.117. The molecule has 0 radical (unpaired) electrons. The zero-order valence-electron chi connectivity index (χ0n) is 19.7. The van der Waals surface area contributed by atoms with E-state index in [4.69, 9.17) is 4.74 Å². The van der Waals surface area contributed by atoms with E-state index < -0.39 is 47.3 Å². The van der Waals surface area contributed by atoms with Crippen LogP contribution in [0.15, 0.2) is 48.5 Å². The fraction of sp³-hybridized carbons (Fsp3) is 0.231. The third kappa shape index (κ3) is 4.58. The largest absolute Gasteiger partial charge is 0.496 e. The number of ether oxygens (including phenoxy) is 1. The molecule has 1 unspecified atom stereocenters. The van der Waals surface area contributed by atoms with Gasteiger partial charge < -0.3 is 15.0 Å². The first-order valence-electron chi connectivity index (χ1n) is 11.0. The van der Waals surface area contributed by atoms with E-state index in [1.807, 2.05) is 6.92 Å². The van der Waals surface area contributed by atoms with E-state index in [1.165, 1.54) is 41.2 Å². The van der Waals surface area contributed by atoms with Crippen molar-refractivity contribution in [2.24, 2.45) is 0 Å². The molecule has 0 bridgehead atoms. The van der Waals surface area contributed by atoms with Gasteiger partial charge >= 0.3 is 6.03 Å². The minimum Gasteiger partial charge on any atom is -0.496 e. The molecular weight excluding hydrogens is 478 g/mol. The SMILES string of the molecule is COc1cccc(F)c1CN1C(=O)N(C)C(C)c2ccc(C(=O)NCc3c(F)cc(F)cc3F)cc21. The lowest BCUT2D eigenvalue weighted by molar-refractivity contribution is 0.0950. The van der Waals surface area contributed by atoms with Gasteiger partial charge in [0.05, 0.1) is 25.4 Å². The standard InChI is InChI=1S/C26H23F4N3O3/c1-14-17-8-7-15(25(34)31-12-18-21(29)10-16(27)11-22(18)30)9-23(17)33(26(35)32(14)2)13-19-20(28)5-4-6-24(19)36-3/h4-11,14H,12-13H2,1-3H3,(H,31,34). The molecule has 0 fully saturated rings. The molecule has 4 rings (SSSR count). The first-order chi connectivity index (χ1) is 17.1. The van der Waals surface area contributed by atoms with Gasteiger partial charge in [-0.15, -0.1) is 0 Å². The van der Waals surface area contributed by atoms with Crippen LogP contribution in [-0.4, -0.2) is 31.0 Å². The van der Waals surface area contributed by atoms with E-state index >= 15 is 0 Å². The highest BCUT2D eigenvalue weighted by atomic mass is 19.1. The lowest BCUT2D eigenvalue weighted by Crippen LogP contribution is -2.46. The fourth-order valence-corrected chi connectivity index (χ4v) is 4.15. The summed E-state index contributed by atoms with van der Waals surface area (Å²) < 4.78 is 61.0. The monoisotopic (exact) mass is 501 g/mol. The van der Waals surface area contributed by atoms with Crippen LogP contribution in [0.5, 0.6) is 5.75 Å². The fourth-order valence-electron chi connectivity index (χ4n) is 4.15. The number of carbonyl (C=O) groups excluding carboxylic acids is 2. The molecule has 1 aliphatic heterocycles. The smallest absolute Gasteiger partial charge is 0.325 e. The second-order valence-corrected chi connectivity index (χ2v) is 8.38. The summed E-state index contributed by atoms with van der Waals surface area (Å²) in [6, 6.07) is 9.32. The molecule has 1 atom stereocenters. The molecule has 0 aliphatic carbocycles. The number of amides is 3. The van der Waals surface area contributed by atoms with Crippen LogP contribution in [0.4, 0.5) is 28.0 Å². The number of rotatable bonds is 6. The molecule has 10 heteroatoms. The Bertz CT molecular complexity index is 1320. The Kier molecular flexibility index (Phi) is 6.87. The Morgan fingerprint density at radius 1 is 1.00 bits per heavy atom. The molecule has 6 nitrogen and oxygen atoms in total. The molecule has 1 N–H and O–H groups in total. The average molecular weight is 501 g/mol. The predicted octanol–water partition coefficient (Wildman–Crippen LogP) is 5.31. The highest BCUT2D eigenvalue weighted by molar-refractivity contribution is 5.99. The number of hydrogen-bond acceptors (Lipinski definition) is 3. The van der Waals surface area contributed by atoms with Crippen LogP contribution < -0.4 is 15.0 Å². The Morgan fingerprint density at radius 2 is 1.69 bits per heavy atom. The first kappa shape index (κ1) is 25.0. The molecule has 0 saturated heterocycles. The van der Waals surface area contributed by atoms with Gasteiger partial charge in [-0.25, -0.2) is 22.4 Å². The Hall–Kier alpha value is -4.08. The summed E-state index contributed by atoms with van der Waals surface area (Å²) in [6.45, 7) is 1.15. The zero-order chi connectivity index (χ0) is 26.1. The molecule has 1 aliphatic rings. The molecule has 3 aromatic carbocycles. The number of hydrogen-bond donors (Lipinski definition) is 1. The third-order valence-corrected chi connectivity index (χ3v) is 6.29. The van der Waals surface area contributed by atoms with Gasteiger partial charge in [0, 0.05) is 42.4 Å². The van der Waals surface area contributed by atoms with Crippen molar-refractivity contribution in [2.75, 3.05) is 19.1 Å². The second kappa shape index (κ2) is 9.88. The summed E-state index contributed by atoms with van der Waals surface area (Å²) in [7, 11) is 3.02. The first-order valence-corrected chi connectivity index (χ1v) is 11.0. The molecule has 0 aromatic heterocycles. The predicted molar refractivity (Wildman–Crippen MR) is 125 cm³/mol. The molecule has 188 valence electrons. The van der Waals surface area contributed by atoms with Crippen LogP contribution in [0.2, 0.25) is 0 Å². The molecule has 0 spiro atoms. The van der Waals surface area contributed by atoms with E-state index in [9.17, 15) is 27.2 Å². The number of anilines is 1. The second-order valence-electron chi connectivity index (χ2n) is 8.38. The summed E-state index contributed by atoms with van der Waals surface area (Å²) in [5.41, 5.74) is 0.912. The maximum atomic E-state index is 14.6. The van der Waals surface area contributed by atoms with Crippen LogP contribution in [0.25, 0.3) is 0 Å². The zero-order valence-corrected chi connectivity index (χ0v) is 19.7. The topological polar surface area (TPSA) is 61.9 Å². The molecule has 36 heavy (non-hydrogen) atoms. The van der Waals surface area contributed by atoms with Gasteiger partial charge in [-0.2, -0.15) is 0 Å². The van der Waals surface area contributed by atoms with Crippen LogP contribution >= 0.6 is 0 Å². The van der Waals surface area contributed by atoms with Crippen molar-refractivity contribution < 1.29 is 31.9 Å². The van der Waals surface area contributed by atoms with Crippen molar-refractivity contribution in [3.8, 4) is 5.75 Å². The summed E-state index contributed by atoms with van der Waals surface area (Å²) >= 11 is 0. The Balaban J connectivity index is 1.66. The molecule has 3 aromatic rings. The van der Waals surface area contributed by atoms with E-state index in [1.54, 1.807) is 19.2 Å². The van der Waals surface area contributed by atoms with E-state index in [2.05, 4.69) is 5.32 Å². The van der Waals surface area contributed by atoms with E-state index in [0.717, 1.165) is 5.56 Å².